The van der Waals surface area contributed by atoms with Crippen LogP contribution in [-0.4, -0.2) is 42.2 Å². The van der Waals surface area contributed by atoms with Crippen molar-refractivity contribution in [2.45, 2.75) is 11.8 Å². The summed E-state index contributed by atoms with van der Waals surface area (Å²) in [6, 6.07) is 12.3. The Kier molecular flexibility index (Phi) is 6.25. The Labute approximate surface area is 182 Å². The number of rotatable bonds is 6. The van der Waals surface area contributed by atoms with Gasteiger partial charge in [0.05, 0.1) is 12.0 Å². The molecule has 0 radical (unpaired) electrons. The van der Waals surface area contributed by atoms with Crippen LogP contribution in [0.2, 0.25) is 0 Å². The van der Waals surface area contributed by atoms with Crippen LogP contribution in [0.4, 0.5) is 5.69 Å². The number of para-hydroxylation sites is 2. The van der Waals surface area contributed by atoms with Crippen LogP contribution >= 0.6 is 0 Å². The molecule has 32 heavy (non-hydrogen) atoms. The van der Waals surface area contributed by atoms with Gasteiger partial charge in [0.15, 0.2) is 11.4 Å². The number of anilines is 1. The molecule has 0 atom stereocenters. The van der Waals surface area contributed by atoms with E-state index in [1.165, 1.54) is 31.4 Å². The van der Waals surface area contributed by atoms with Crippen molar-refractivity contribution in [2.24, 2.45) is 0 Å². The largest absolute Gasteiger partial charge is 0.505 e. The van der Waals surface area contributed by atoms with Gasteiger partial charge in [0.2, 0.25) is 5.91 Å². The molecule has 0 fully saturated rings. The van der Waals surface area contributed by atoms with E-state index in [4.69, 9.17) is 4.74 Å². The zero-order chi connectivity index (χ0) is 23.5. The number of hydrogen-bond donors (Lipinski definition) is 3. The van der Waals surface area contributed by atoms with E-state index in [0.717, 1.165) is 17.7 Å². The number of benzene rings is 2. The van der Waals surface area contributed by atoms with Gasteiger partial charge >= 0.3 is 0 Å². The van der Waals surface area contributed by atoms with Crippen molar-refractivity contribution in [2.75, 3.05) is 12.4 Å². The fourth-order valence-electron chi connectivity index (χ4n) is 2.74. The molecular formula is C20H18N4O7S. The molecule has 0 aliphatic carbocycles. The van der Waals surface area contributed by atoms with Gasteiger partial charge in [-0.05, 0) is 36.4 Å². The number of aromatic hydroxyl groups is 1. The SMILES string of the molecule is COc1ccccc1-n1nc(C(=O)Nc2ccc(S(=O)(=O)NC(C)=O)cc2)c(O)cc1=O. The second kappa shape index (κ2) is 8.89. The van der Waals surface area contributed by atoms with Gasteiger partial charge in [0, 0.05) is 18.7 Å². The molecule has 3 N–H and O–H groups in total. The Morgan fingerprint density at radius 1 is 1.09 bits per heavy atom. The number of sulfonamides is 1. The molecule has 1 heterocycles. The van der Waals surface area contributed by atoms with Crippen molar-refractivity contribution in [3.63, 3.8) is 0 Å². The van der Waals surface area contributed by atoms with Crippen molar-refractivity contribution in [3.8, 4) is 17.2 Å². The van der Waals surface area contributed by atoms with E-state index in [1.54, 1.807) is 24.3 Å². The Morgan fingerprint density at radius 3 is 2.38 bits per heavy atom. The van der Waals surface area contributed by atoms with E-state index in [1.807, 2.05) is 4.72 Å². The fraction of sp³-hybridized carbons (Fsp3) is 0.100. The van der Waals surface area contributed by atoms with Gasteiger partial charge in [-0.2, -0.15) is 9.78 Å². The Hall–Kier alpha value is -4.19. The predicted molar refractivity (Wildman–Crippen MR) is 113 cm³/mol. The van der Waals surface area contributed by atoms with Crippen LogP contribution in [0, 0.1) is 0 Å². The molecule has 12 heteroatoms. The van der Waals surface area contributed by atoms with E-state index in [-0.39, 0.29) is 16.3 Å². The predicted octanol–water partition coefficient (Wildman–Crippen LogP) is 1.02. The summed E-state index contributed by atoms with van der Waals surface area (Å²) >= 11 is 0. The number of carbonyl (C=O) groups is 2. The first-order valence-corrected chi connectivity index (χ1v) is 10.5. The highest BCUT2D eigenvalue weighted by Gasteiger charge is 2.19. The second-order valence-electron chi connectivity index (χ2n) is 6.44. The summed E-state index contributed by atoms with van der Waals surface area (Å²) in [5.74, 6) is -1.89. The number of methoxy groups -OCH3 is 1. The summed E-state index contributed by atoms with van der Waals surface area (Å²) in [4.78, 5) is 35.8. The van der Waals surface area contributed by atoms with Crippen LogP contribution in [0.25, 0.3) is 5.69 Å². The average Bonchev–Trinajstić information content (AvgIpc) is 2.73. The maximum atomic E-state index is 12.7. The number of carbonyl (C=O) groups excluding carboxylic acids is 2. The average molecular weight is 458 g/mol. The summed E-state index contributed by atoms with van der Waals surface area (Å²) in [7, 11) is -2.62. The third-order valence-electron chi connectivity index (χ3n) is 4.14. The van der Waals surface area contributed by atoms with Crippen LogP contribution in [-0.2, 0) is 14.8 Å². The van der Waals surface area contributed by atoms with Crippen LogP contribution < -0.4 is 20.3 Å². The standard InChI is InChI=1S/C20H18N4O7S/c1-12(25)23-32(29,30)14-9-7-13(8-10-14)21-20(28)19-16(26)11-18(27)24(22-19)15-5-3-4-6-17(15)31-2/h3-11,26H,1-2H3,(H,21,28)(H,23,25). The molecular weight excluding hydrogens is 440 g/mol. The number of amides is 2. The fourth-order valence-corrected chi connectivity index (χ4v) is 3.73. The molecule has 1 aromatic heterocycles. The van der Waals surface area contributed by atoms with Crippen molar-refractivity contribution in [3.05, 3.63) is 70.6 Å². The molecule has 0 aliphatic heterocycles. The maximum absolute atomic E-state index is 12.7. The van der Waals surface area contributed by atoms with Gasteiger partial charge < -0.3 is 15.2 Å². The molecule has 11 nitrogen and oxygen atoms in total. The first-order chi connectivity index (χ1) is 15.1. The molecule has 3 aromatic rings. The molecule has 3 rings (SSSR count). The van der Waals surface area contributed by atoms with Crippen molar-refractivity contribution in [1.82, 2.24) is 14.5 Å². The number of hydrogen-bond acceptors (Lipinski definition) is 8. The van der Waals surface area contributed by atoms with E-state index < -0.39 is 38.8 Å². The third kappa shape index (κ3) is 4.75. The molecule has 2 amide bonds. The lowest BCUT2D eigenvalue weighted by Gasteiger charge is -2.12. The zero-order valence-corrected chi connectivity index (χ0v) is 17.7. The third-order valence-corrected chi connectivity index (χ3v) is 5.59. The quantitative estimate of drug-likeness (QED) is 0.494. The molecule has 0 saturated heterocycles. The normalized spacial score (nSPS) is 10.9. The smallest absolute Gasteiger partial charge is 0.279 e. The lowest BCUT2D eigenvalue weighted by molar-refractivity contribution is -0.117. The van der Waals surface area contributed by atoms with Crippen LogP contribution in [0.1, 0.15) is 17.4 Å². The molecule has 0 unspecified atom stereocenters. The molecule has 166 valence electrons. The van der Waals surface area contributed by atoms with Gasteiger partial charge in [-0.3, -0.25) is 14.4 Å². The Bertz CT molecular complexity index is 1350. The first kappa shape index (κ1) is 22.5. The van der Waals surface area contributed by atoms with Crippen LogP contribution in [0.15, 0.2) is 64.3 Å². The minimum absolute atomic E-state index is 0.184. The molecule has 0 spiro atoms. The summed E-state index contributed by atoms with van der Waals surface area (Å²) in [6.45, 7) is 1.07. The molecule has 0 bridgehead atoms. The summed E-state index contributed by atoms with van der Waals surface area (Å²) in [5.41, 5.74) is -0.670. The van der Waals surface area contributed by atoms with Crippen LogP contribution in [0.5, 0.6) is 11.5 Å². The number of nitrogens with one attached hydrogen (secondary N) is 2. The Balaban J connectivity index is 1.90. The van der Waals surface area contributed by atoms with Gasteiger partial charge in [-0.15, -0.1) is 0 Å². The summed E-state index contributed by atoms with van der Waals surface area (Å²) in [6.07, 6.45) is 0. The maximum Gasteiger partial charge on any atom is 0.279 e. The monoisotopic (exact) mass is 458 g/mol. The van der Waals surface area contributed by atoms with Gasteiger partial charge in [0.1, 0.15) is 11.4 Å². The number of nitrogens with zero attached hydrogens (tertiary/aromatic N) is 2. The molecule has 0 saturated carbocycles. The first-order valence-electron chi connectivity index (χ1n) is 9.04. The lowest BCUT2D eigenvalue weighted by Crippen LogP contribution is -2.28. The summed E-state index contributed by atoms with van der Waals surface area (Å²) in [5, 5.41) is 16.5. The van der Waals surface area contributed by atoms with Crippen molar-refractivity contribution in [1.29, 1.82) is 0 Å². The highest BCUT2D eigenvalue weighted by Crippen LogP contribution is 2.22. The zero-order valence-electron chi connectivity index (χ0n) is 16.9. The molecule has 2 aromatic carbocycles. The lowest BCUT2D eigenvalue weighted by atomic mass is 10.2. The van der Waals surface area contributed by atoms with E-state index in [2.05, 4.69) is 10.4 Å². The van der Waals surface area contributed by atoms with Crippen molar-refractivity contribution < 1.29 is 27.9 Å². The Morgan fingerprint density at radius 2 is 1.75 bits per heavy atom. The molecule has 0 aliphatic rings. The van der Waals surface area contributed by atoms with E-state index in [0.29, 0.717) is 5.75 Å². The minimum atomic E-state index is -4.03. The number of ether oxygens (including phenoxy) is 1. The van der Waals surface area contributed by atoms with Crippen molar-refractivity contribution >= 4 is 27.5 Å². The number of aromatic nitrogens is 2. The van der Waals surface area contributed by atoms with Gasteiger partial charge in [-0.25, -0.2) is 13.1 Å². The van der Waals surface area contributed by atoms with E-state index in [9.17, 15) is 27.9 Å². The highest BCUT2D eigenvalue weighted by atomic mass is 32.2. The van der Waals surface area contributed by atoms with Gasteiger partial charge in [-0.1, -0.05) is 12.1 Å². The summed E-state index contributed by atoms with van der Waals surface area (Å²) < 4.78 is 31.9. The van der Waals surface area contributed by atoms with Gasteiger partial charge in [0.25, 0.3) is 21.5 Å². The highest BCUT2D eigenvalue weighted by molar-refractivity contribution is 7.90. The second-order valence-corrected chi connectivity index (χ2v) is 8.12. The minimum Gasteiger partial charge on any atom is -0.505 e. The van der Waals surface area contributed by atoms with E-state index >= 15 is 0 Å². The van der Waals surface area contributed by atoms with Crippen LogP contribution in [0.3, 0.4) is 0 Å². The topological polar surface area (TPSA) is 157 Å².